The van der Waals surface area contributed by atoms with Crippen LogP contribution in [0.2, 0.25) is 0 Å². The van der Waals surface area contributed by atoms with Crippen LogP contribution in [0.1, 0.15) is 59.2 Å². The lowest BCUT2D eigenvalue weighted by atomic mass is 10.1. The molecule has 0 amide bonds. The number of carbonyl (C=O) groups excluding carboxylic acids is 2. The molecule has 0 spiro atoms. The maximum absolute atomic E-state index is 11.9. The van der Waals surface area contributed by atoms with Crippen molar-refractivity contribution in [2.24, 2.45) is 0 Å². The van der Waals surface area contributed by atoms with Crippen LogP contribution in [0.15, 0.2) is 48.5 Å². The maximum Gasteiger partial charge on any atom is 0.339 e. The molecule has 158 valence electrons. The van der Waals surface area contributed by atoms with Gasteiger partial charge < -0.3 is 19.7 Å². The summed E-state index contributed by atoms with van der Waals surface area (Å²) in [6.45, 7) is 0. The Morgan fingerprint density at radius 3 is 1.33 bits per heavy atom. The molecule has 0 aliphatic carbocycles. The Balaban J connectivity index is 1.65. The first-order valence-electron chi connectivity index (χ1n) is 9.44. The van der Waals surface area contributed by atoms with E-state index in [1.165, 1.54) is 24.3 Å². The molecule has 8 heteroatoms. The highest BCUT2D eigenvalue weighted by atomic mass is 16.5. The molecular weight excluding hydrogens is 392 g/mol. The van der Waals surface area contributed by atoms with E-state index in [9.17, 15) is 19.2 Å². The molecule has 0 aliphatic rings. The Kier molecular flexibility index (Phi) is 8.56. The summed E-state index contributed by atoms with van der Waals surface area (Å²) in [6, 6.07) is 11.8. The molecule has 8 nitrogen and oxygen atoms in total. The lowest BCUT2D eigenvalue weighted by Crippen LogP contribution is -2.11. The number of carboxylic acids is 2. The number of hydrogen-bond acceptors (Lipinski definition) is 6. The summed E-state index contributed by atoms with van der Waals surface area (Å²) in [5.41, 5.74) is -0.150. The van der Waals surface area contributed by atoms with E-state index in [1.807, 2.05) is 0 Å². The van der Waals surface area contributed by atoms with Crippen LogP contribution in [0, 0.1) is 0 Å². The van der Waals surface area contributed by atoms with Crippen LogP contribution in [0.25, 0.3) is 0 Å². The van der Waals surface area contributed by atoms with Gasteiger partial charge in [-0.25, -0.2) is 9.59 Å². The third kappa shape index (κ3) is 7.05. The predicted octanol–water partition coefficient (Wildman–Crippen LogP) is 3.93. The Morgan fingerprint density at radius 2 is 0.967 bits per heavy atom. The Hall–Kier alpha value is -3.68. The van der Waals surface area contributed by atoms with Crippen molar-refractivity contribution in [3.8, 4) is 11.5 Å². The van der Waals surface area contributed by atoms with Crippen molar-refractivity contribution in [2.75, 3.05) is 0 Å². The van der Waals surface area contributed by atoms with Gasteiger partial charge in [-0.2, -0.15) is 0 Å². The summed E-state index contributed by atoms with van der Waals surface area (Å²) in [7, 11) is 0. The fraction of sp³-hybridized carbons (Fsp3) is 0.273. The average Bonchev–Trinajstić information content (AvgIpc) is 2.71. The standard InChI is InChI=1S/C22H22O8/c23-19(29-17-11-7-5-9-15(17)21(25)26)13-3-1-2-4-14-20(24)30-18-12-8-6-10-16(18)22(27)28/h5-12H,1-4,13-14H2,(H,25,26)(H,27,28). The number of rotatable bonds is 11. The van der Waals surface area contributed by atoms with Crippen molar-refractivity contribution < 1.29 is 38.9 Å². The molecule has 0 aromatic heterocycles. The number of benzene rings is 2. The summed E-state index contributed by atoms with van der Waals surface area (Å²) in [5, 5.41) is 18.1. The molecular formula is C22H22O8. The molecule has 0 atom stereocenters. The molecule has 0 saturated carbocycles. The van der Waals surface area contributed by atoms with Crippen LogP contribution in [0.5, 0.6) is 11.5 Å². The largest absolute Gasteiger partial charge is 0.478 e. The third-order valence-electron chi connectivity index (χ3n) is 4.19. The minimum absolute atomic E-state index is 0.0133. The van der Waals surface area contributed by atoms with Crippen LogP contribution in [0.3, 0.4) is 0 Å². The van der Waals surface area contributed by atoms with Crippen LogP contribution in [-0.2, 0) is 9.59 Å². The first-order chi connectivity index (χ1) is 14.4. The number of unbranched alkanes of at least 4 members (excludes halogenated alkanes) is 3. The van der Waals surface area contributed by atoms with Gasteiger partial charge in [0.05, 0.1) is 0 Å². The van der Waals surface area contributed by atoms with Crippen molar-refractivity contribution in [3.05, 3.63) is 59.7 Å². The fourth-order valence-corrected chi connectivity index (χ4v) is 2.70. The Morgan fingerprint density at radius 1 is 0.600 bits per heavy atom. The SMILES string of the molecule is O=C(CCCCCCC(=O)Oc1ccccc1C(=O)O)Oc1ccccc1C(=O)O. The van der Waals surface area contributed by atoms with E-state index >= 15 is 0 Å². The summed E-state index contributed by atoms with van der Waals surface area (Å²) in [5.74, 6) is -3.35. The number of carbonyl (C=O) groups is 4. The molecule has 2 rings (SSSR count). The molecule has 2 N–H and O–H groups in total. The molecule has 0 aliphatic heterocycles. The molecule has 0 radical (unpaired) electrons. The van der Waals surface area contributed by atoms with Gasteiger partial charge in [-0.05, 0) is 37.1 Å². The van der Waals surface area contributed by atoms with E-state index in [0.29, 0.717) is 25.7 Å². The van der Waals surface area contributed by atoms with E-state index in [2.05, 4.69) is 0 Å². The number of aromatic carboxylic acids is 2. The van der Waals surface area contributed by atoms with Gasteiger partial charge in [0.25, 0.3) is 0 Å². The number of carboxylic acid groups (broad SMARTS) is 2. The summed E-state index contributed by atoms with van der Waals surface area (Å²) in [6.07, 6.45) is 2.67. The van der Waals surface area contributed by atoms with Crippen molar-refractivity contribution in [3.63, 3.8) is 0 Å². The smallest absolute Gasteiger partial charge is 0.339 e. The topological polar surface area (TPSA) is 127 Å². The summed E-state index contributed by atoms with van der Waals surface area (Å²) >= 11 is 0. The van der Waals surface area contributed by atoms with Gasteiger partial charge in [-0.15, -0.1) is 0 Å². The second kappa shape index (κ2) is 11.4. The molecule has 0 fully saturated rings. The lowest BCUT2D eigenvalue weighted by molar-refractivity contribution is -0.135. The second-order valence-corrected chi connectivity index (χ2v) is 6.46. The number of para-hydroxylation sites is 2. The normalized spacial score (nSPS) is 10.3. The Bertz CT molecular complexity index is 843. The lowest BCUT2D eigenvalue weighted by Gasteiger charge is -2.08. The van der Waals surface area contributed by atoms with E-state index < -0.39 is 23.9 Å². The van der Waals surface area contributed by atoms with E-state index in [0.717, 1.165) is 0 Å². The van der Waals surface area contributed by atoms with Gasteiger partial charge in [0, 0.05) is 12.8 Å². The van der Waals surface area contributed by atoms with Gasteiger partial charge >= 0.3 is 23.9 Å². The maximum atomic E-state index is 11.9. The van der Waals surface area contributed by atoms with E-state index in [-0.39, 0.29) is 35.5 Å². The number of esters is 2. The second-order valence-electron chi connectivity index (χ2n) is 6.46. The van der Waals surface area contributed by atoms with E-state index in [1.54, 1.807) is 24.3 Å². The van der Waals surface area contributed by atoms with Crippen LogP contribution in [-0.4, -0.2) is 34.1 Å². The molecule has 0 heterocycles. The van der Waals surface area contributed by atoms with Crippen molar-refractivity contribution >= 4 is 23.9 Å². The summed E-state index contributed by atoms with van der Waals surface area (Å²) in [4.78, 5) is 46.0. The highest BCUT2D eigenvalue weighted by molar-refractivity contribution is 5.92. The summed E-state index contributed by atoms with van der Waals surface area (Å²) < 4.78 is 10.2. The zero-order valence-corrected chi connectivity index (χ0v) is 16.2. The van der Waals surface area contributed by atoms with Gasteiger partial charge in [-0.3, -0.25) is 9.59 Å². The highest BCUT2D eigenvalue weighted by Gasteiger charge is 2.15. The van der Waals surface area contributed by atoms with Crippen LogP contribution < -0.4 is 9.47 Å². The first-order valence-corrected chi connectivity index (χ1v) is 9.44. The first kappa shape index (κ1) is 22.6. The minimum atomic E-state index is -1.17. The highest BCUT2D eigenvalue weighted by Crippen LogP contribution is 2.20. The molecule has 0 bridgehead atoms. The molecule has 0 unspecified atom stereocenters. The van der Waals surface area contributed by atoms with Crippen molar-refractivity contribution in [1.29, 1.82) is 0 Å². The molecule has 2 aromatic rings. The van der Waals surface area contributed by atoms with Crippen LogP contribution in [0.4, 0.5) is 0 Å². The molecule has 2 aromatic carbocycles. The minimum Gasteiger partial charge on any atom is -0.478 e. The van der Waals surface area contributed by atoms with Gasteiger partial charge in [0.2, 0.25) is 0 Å². The van der Waals surface area contributed by atoms with Gasteiger partial charge in [0.15, 0.2) is 0 Å². The van der Waals surface area contributed by atoms with Gasteiger partial charge in [0.1, 0.15) is 22.6 Å². The van der Waals surface area contributed by atoms with Gasteiger partial charge in [-0.1, -0.05) is 37.1 Å². The Labute approximate surface area is 173 Å². The third-order valence-corrected chi connectivity index (χ3v) is 4.19. The number of ether oxygens (including phenoxy) is 2. The molecule has 30 heavy (non-hydrogen) atoms. The quantitative estimate of drug-likeness (QED) is 0.322. The van der Waals surface area contributed by atoms with Crippen molar-refractivity contribution in [1.82, 2.24) is 0 Å². The average molecular weight is 414 g/mol. The predicted molar refractivity (Wildman–Crippen MR) is 106 cm³/mol. The fourth-order valence-electron chi connectivity index (χ4n) is 2.70. The zero-order chi connectivity index (χ0) is 21.9. The monoisotopic (exact) mass is 414 g/mol. The zero-order valence-electron chi connectivity index (χ0n) is 16.2. The van der Waals surface area contributed by atoms with Crippen molar-refractivity contribution in [2.45, 2.75) is 38.5 Å². The van der Waals surface area contributed by atoms with Crippen LogP contribution >= 0.6 is 0 Å². The van der Waals surface area contributed by atoms with E-state index in [4.69, 9.17) is 19.7 Å². The molecule has 0 saturated heterocycles. The number of hydrogen-bond donors (Lipinski definition) is 2.